The zero-order chi connectivity index (χ0) is 11.0. The minimum Gasteiger partial charge on any atom is -0.390 e. The van der Waals surface area contributed by atoms with Crippen LogP contribution in [-0.4, -0.2) is 23.9 Å². The van der Waals surface area contributed by atoms with Crippen molar-refractivity contribution in [2.24, 2.45) is 0 Å². The highest BCUT2D eigenvalue weighted by atomic mass is 16.5. The van der Waals surface area contributed by atoms with Crippen molar-refractivity contribution < 1.29 is 9.84 Å². The van der Waals surface area contributed by atoms with Crippen molar-refractivity contribution in [3.05, 3.63) is 0 Å². The van der Waals surface area contributed by atoms with Crippen LogP contribution in [0.3, 0.4) is 0 Å². The van der Waals surface area contributed by atoms with Crippen LogP contribution < -0.4 is 0 Å². The highest BCUT2D eigenvalue weighted by Gasteiger charge is 2.35. The van der Waals surface area contributed by atoms with Crippen molar-refractivity contribution in [3.63, 3.8) is 0 Å². The number of ether oxygens (including phenoxy) is 1. The van der Waals surface area contributed by atoms with Gasteiger partial charge in [-0.2, -0.15) is 0 Å². The van der Waals surface area contributed by atoms with E-state index < -0.39 is 0 Å². The van der Waals surface area contributed by atoms with Gasteiger partial charge >= 0.3 is 0 Å². The summed E-state index contributed by atoms with van der Waals surface area (Å²) >= 11 is 0. The van der Waals surface area contributed by atoms with E-state index in [4.69, 9.17) is 4.74 Å². The van der Waals surface area contributed by atoms with Crippen molar-refractivity contribution in [2.75, 3.05) is 7.11 Å². The van der Waals surface area contributed by atoms with Gasteiger partial charge in [-0.05, 0) is 19.3 Å². The molecule has 0 bridgehead atoms. The van der Waals surface area contributed by atoms with Crippen LogP contribution in [0.15, 0.2) is 0 Å². The Bertz CT molecular complexity index is 128. The van der Waals surface area contributed by atoms with Crippen molar-refractivity contribution in [1.29, 1.82) is 0 Å². The second kappa shape index (κ2) is 7.24. The lowest BCUT2D eigenvalue weighted by Gasteiger charge is -2.36. The number of aliphatic hydroxyl groups excluding tert-OH is 1. The SMILES string of the molecule is CCCC(O)C(CCC)(CCC)OC. The summed E-state index contributed by atoms with van der Waals surface area (Å²) in [5.41, 5.74) is -0.292. The van der Waals surface area contributed by atoms with Gasteiger partial charge in [-0.1, -0.05) is 40.0 Å². The third kappa shape index (κ3) is 3.58. The molecule has 0 aromatic carbocycles. The largest absolute Gasteiger partial charge is 0.390 e. The van der Waals surface area contributed by atoms with Crippen molar-refractivity contribution in [1.82, 2.24) is 0 Å². The lowest BCUT2D eigenvalue weighted by atomic mass is 9.84. The Hall–Kier alpha value is -0.0800. The molecule has 0 saturated carbocycles. The van der Waals surface area contributed by atoms with E-state index in [-0.39, 0.29) is 11.7 Å². The Morgan fingerprint density at radius 2 is 1.57 bits per heavy atom. The number of methoxy groups -OCH3 is 1. The lowest BCUT2D eigenvalue weighted by molar-refractivity contribution is -0.116. The van der Waals surface area contributed by atoms with Gasteiger partial charge in [0.25, 0.3) is 0 Å². The highest BCUT2D eigenvalue weighted by Crippen LogP contribution is 2.29. The van der Waals surface area contributed by atoms with Crippen LogP contribution in [0.1, 0.15) is 59.3 Å². The standard InChI is InChI=1S/C12H26O2/c1-5-8-11(13)12(14-4,9-6-2)10-7-3/h11,13H,5-10H2,1-4H3. The van der Waals surface area contributed by atoms with E-state index in [9.17, 15) is 5.11 Å². The summed E-state index contributed by atoms with van der Waals surface area (Å²) in [5.74, 6) is 0. The summed E-state index contributed by atoms with van der Waals surface area (Å²) in [5, 5.41) is 10.1. The molecule has 86 valence electrons. The van der Waals surface area contributed by atoms with Crippen LogP contribution in [0.2, 0.25) is 0 Å². The number of hydrogen-bond donors (Lipinski definition) is 1. The molecule has 1 atom stereocenters. The first-order valence-corrected chi connectivity index (χ1v) is 5.90. The fourth-order valence-electron chi connectivity index (χ4n) is 2.18. The molecule has 14 heavy (non-hydrogen) atoms. The maximum Gasteiger partial charge on any atom is 0.0936 e. The Balaban J connectivity index is 4.45. The molecule has 0 saturated heterocycles. The fourth-order valence-corrected chi connectivity index (χ4v) is 2.18. The van der Waals surface area contributed by atoms with Gasteiger partial charge in [-0.25, -0.2) is 0 Å². The van der Waals surface area contributed by atoms with Gasteiger partial charge in [-0.3, -0.25) is 0 Å². The third-order valence-corrected chi connectivity index (χ3v) is 2.92. The smallest absolute Gasteiger partial charge is 0.0936 e. The van der Waals surface area contributed by atoms with Crippen LogP contribution in [0.5, 0.6) is 0 Å². The van der Waals surface area contributed by atoms with E-state index in [1.165, 1.54) is 0 Å². The zero-order valence-corrected chi connectivity index (χ0v) is 10.2. The van der Waals surface area contributed by atoms with Gasteiger partial charge in [0, 0.05) is 7.11 Å². The summed E-state index contributed by atoms with van der Waals surface area (Å²) in [7, 11) is 1.73. The van der Waals surface area contributed by atoms with E-state index in [1.807, 2.05) is 0 Å². The Morgan fingerprint density at radius 3 is 1.86 bits per heavy atom. The molecule has 0 radical (unpaired) electrons. The predicted molar refractivity (Wildman–Crippen MR) is 60.5 cm³/mol. The molecule has 0 fully saturated rings. The molecule has 2 nitrogen and oxygen atoms in total. The van der Waals surface area contributed by atoms with Crippen molar-refractivity contribution in [3.8, 4) is 0 Å². The molecule has 1 N–H and O–H groups in total. The molecule has 0 aliphatic carbocycles. The molecule has 0 heterocycles. The van der Waals surface area contributed by atoms with Crippen LogP contribution in [-0.2, 0) is 4.74 Å². The fraction of sp³-hybridized carbons (Fsp3) is 1.00. The zero-order valence-electron chi connectivity index (χ0n) is 10.2. The van der Waals surface area contributed by atoms with Gasteiger partial charge in [0.2, 0.25) is 0 Å². The van der Waals surface area contributed by atoms with E-state index in [0.29, 0.717) is 0 Å². The minimum atomic E-state index is -0.308. The summed E-state index contributed by atoms with van der Waals surface area (Å²) in [6.07, 6.45) is 5.59. The van der Waals surface area contributed by atoms with E-state index in [0.717, 1.165) is 38.5 Å². The maximum absolute atomic E-state index is 10.1. The molecule has 0 aromatic rings. The van der Waals surface area contributed by atoms with Gasteiger partial charge in [0.1, 0.15) is 0 Å². The number of hydrogen-bond acceptors (Lipinski definition) is 2. The molecule has 0 rings (SSSR count). The second-order valence-electron chi connectivity index (χ2n) is 4.07. The van der Waals surface area contributed by atoms with Crippen LogP contribution in [0.4, 0.5) is 0 Å². The normalized spacial score (nSPS) is 14.4. The summed E-state index contributed by atoms with van der Waals surface area (Å²) in [6, 6.07) is 0. The molecular formula is C12H26O2. The summed E-state index contributed by atoms with van der Waals surface area (Å²) in [4.78, 5) is 0. The Morgan fingerprint density at radius 1 is 1.07 bits per heavy atom. The van der Waals surface area contributed by atoms with Gasteiger partial charge in [0.05, 0.1) is 11.7 Å². The average Bonchev–Trinajstić information content (AvgIpc) is 2.17. The number of aliphatic hydroxyl groups is 1. The average molecular weight is 202 g/mol. The van der Waals surface area contributed by atoms with Crippen molar-refractivity contribution in [2.45, 2.75) is 71.0 Å². The molecule has 0 amide bonds. The predicted octanol–water partition coefficient (Wildman–Crippen LogP) is 3.13. The minimum absolute atomic E-state index is 0.292. The highest BCUT2D eigenvalue weighted by molar-refractivity contribution is 4.87. The Kier molecular flexibility index (Phi) is 7.20. The molecule has 1 unspecified atom stereocenters. The molecule has 0 spiro atoms. The summed E-state index contributed by atoms with van der Waals surface area (Å²) in [6.45, 7) is 6.38. The van der Waals surface area contributed by atoms with Gasteiger partial charge in [-0.15, -0.1) is 0 Å². The topological polar surface area (TPSA) is 29.5 Å². The molecule has 0 aliphatic rings. The van der Waals surface area contributed by atoms with Crippen LogP contribution >= 0.6 is 0 Å². The second-order valence-corrected chi connectivity index (χ2v) is 4.07. The van der Waals surface area contributed by atoms with E-state index >= 15 is 0 Å². The van der Waals surface area contributed by atoms with Crippen molar-refractivity contribution >= 4 is 0 Å². The van der Waals surface area contributed by atoms with E-state index in [1.54, 1.807) is 7.11 Å². The first-order valence-electron chi connectivity index (χ1n) is 5.90. The monoisotopic (exact) mass is 202 g/mol. The van der Waals surface area contributed by atoms with E-state index in [2.05, 4.69) is 20.8 Å². The van der Waals surface area contributed by atoms with Gasteiger partial charge in [0.15, 0.2) is 0 Å². The summed E-state index contributed by atoms with van der Waals surface area (Å²) < 4.78 is 5.58. The molecule has 0 aliphatic heterocycles. The molecular weight excluding hydrogens is 176 g/mol. The lowest BCUT2D eigenvalue weighted by Crippen LogP contribution is -2.44. The first-order chi connectivity index (χ1) is 6.66. The Labute approximate surface area is 88.7 Å². The van der Waals surface area contributed by atoms with Crippen LogP contribution in [0, 0.1) is 0 Å². The van der Waals surface area contributed by atoms with Crippen LogP contribution in [0.25, 0.3) is 0 Å². The quantitative estimate of drug-likeness (QED) is 0.655. The molecule has 0 aromatic heterocycles. The maximum atomic E-state index is 10.1. The third-order valence-electron chi connectivity index (χ3n) is 2.92. The van der Waals surface area contributed by atoms with Gasteiger partial charge < -0.3 is 9.84 Å². The molecule has 2 heteroatoms. The number of rotatable bonds is 8. The first kappa shape index (κ1) is 13.9.